The molecule has 8 heteroatoms. The van der Waals surface area contributed by atoms with Crippen LogP contribution in [0.3, 0.4) is 0 Å². The summed E-state index contributed by atoms with van der Waals surface area (Å²) in [6.45, 7) is 6.22. The summed E-state index contributed by atoms with van der Waals surface area (Å²) in [7, 11) is -3.90. The van der Waals surface area contributed by atoms with Gasteiger partial charge in [-0.2, -0.15) is 8.78 Å². The molecule has 4 nitrogen and oxygen atoms in total. The van der Waals surface area contributed by atoms with E-state index in [4.69, 9.17) is 9.05 Å². The first kappa shape index (κ1) is 17.0. The number of halogens is 3. The van der Waals surface area contributed by atoms with Gasteiger partial charge in [-0.15, -0.1) is 0 Å². The Morgan fingerprint density at radius 3 is 1.82 bits per heavy atom. The lowest BCUT2D eigenvalue weighted by atomic mass is 10.5. The van der Waals surface area contributed by atoms with Crippen molar-refractivity contribution in [1.82, 2.24) is 0 Å². The second kappa shape index (κ2) is 6.23. The summed E-state index contributed by atoms with van der Waals surface area (Å²) in [6, 6.07) is 0. The van der Waals surface area contributed by atoms with Crippen molar-refractivity contribution in [2.24, 2.45) is 0 Å². The number of hydrogen-bond acceptors (Lipinski definition) is 4. The fraction of sp³-hybridized carbons (Fsp3) is 0.889. The van der Waals surface area contributed by atoms with Crippen molar-refractivity contribution < 1.29 is 27.2 Å². The molecule has 0 fully saturated rings. The Kier molecular flexibility index (Phi) is 6.22. The van der Waals surface area contributed by atoms with Crippen LogP contribution < -0.4 is 0 Å². The normalized spacial score (nSPS) is 13.5. The molecule has 0 bridgehead atoms. The van der Waals surface area contributed by atoms with Crippen LogP contribution >= 0.6 is 19.2 Å². The van der Waals surface area contributed by atoms with Crippen LogP contribution in [0.1, 0.15) is 27.7 Å². The molecule has 0 amide bonds. The highest BCUT2D eigenvalue weighted by Gasteiger charge is 2.42. The maximum absolute atomic E-state index is 12.5. The highest BCUT2D eigenvalue weighted by atomic mass is 35.5. The van der Waals surface area contributed by atoms with Crippen LogP contribution in [0, 0.1) is 0 Å². The molecule has 0 aromatic rings. The molecular formula is C9H16ClF2O4P. The van der Waals surface area contributed by atoms with E-state index in [-0.39, 0.29) is 0 Å². The summed E-state index contributed by atoms with van der Waals surface area (Å²) >= 11 is 4.55. The van der Waals surface area contributed by atoms with Gasteiger partial charge in [-0.25, -0.2) is 0 Å². The van der Waals surface area contributed by atoms with E-state index in [1.54, 1.807) is 27.7 Å². The summed E-state index contributed by atoms with van der Waals surface area (Å²) in [6.07, 6.45) is -2.08. The molecule has 0 aromatic heterocycles. The molecular weight excluding hydrogens is 277 g/mol. The molecule has 0 heterocycles. The molecule has 0 aromatic carbocycles. The first-order valence-corrected chi connectivity index (χ1v) is 7.13. The molecule has 17 heavy (non-hydrogen) atoms. The Labute approximate surface area is 104 Å². The number of carbonyl (C=O) groups is 1. The van der Waals surface area contributed by atoms with Crippen molar-refractivity contribution in [3.05, 3.63) is 0 Å². The molecule has 0 rings (SSSR count). The molecule has 0 atom stereocenters. The van der Waals surface area contributed by atoms with E-state index in [9.17, 15) is 18.1 Å². The second-order valence-electron chi connectivity index (χ2n) is 4.00. The minimum atomic E-state index is -4.06. The number of carbonyl (C=O) groups excluding carboxylic acids is 1. The van der Waals surface area contributed by atoms with E-state index in [0.29, 0.717) is 0 Å². The first-order chi connectivity index (χ1) is 7.46. The van der Waals surface area contributed by atoms with Crippen molar-refractivity contribution >= 4 is 25.0 Å². The molecule has 0 aliphatic rings. The van der Waals surface area contributed by atoms with E-state index in [0.717, 1.165) is 0 Å². The maximum Gasteiger partial charge on any atom is 0.381 e. The standard InChI is InChI=1S/C9H16ClF2O4P/c1-6(2)15-17(14,16-7(3)4)5-8(13)9(10,11)12/h6-7H,5H2,1-4H3. The van der Waals surface area contributed by atoms with Gasteiger partial charge in [0.1, 0.15) is 6.16 Å². The Balaban J connectivity index is 4.83. The van der Waals surface area contributed by atoms with Gasteiger partial charge in [-0.05, 0) is 39.3 Å². The molecule has 0 saturated heterocycles. The first-order valence-electron chi connectivity index (χ1n) is 5.02. The highest BCUT2D eigenvalue weighted by Crippen LogP contribution is 2.51. The lowest BCUT2D eigenvalue weighted by molar-refractivity contribution is -0.131. The summed E-state index contributed by atoms with van der Waals surface area (Å²) in [5.41, 5.74) is 0. The van der Waals surface area contributed by atoms with Crippen LogP contribution in [0.25, 0.3) is 0 Å². The average molecular weight is 293 g/mol. The SMILES string of the molecule is CC(C)OP(=O)(CC(=O)C(F)(F)Cl)OC(C)C. The van der Waals surface area contributed by atoms with E-state index in [1.165, 1.54) is 0 Å². The predicted molar refractivity (Wildman–Crippen MR) is 60.7 cm³/mol. The van der Waals surface area contributed by atoms with Gasteiger partial charge in [0.05, 0.1) is 12.2 Å². The largest absolute Gasteiger partial charge is 0.381 e. The summed E-state index contributed by atoms with van der Waals surface area (Å²) < 4.78 is 46.9. The van der Waals surface area contributed by atoms with Crippen LogP contribution in [0.5, 0.6) is 0 Å². The smallest absolute Gasteiger partial charge is 0.305 e. The third kappa shape index (κ3) is 7.09. The zero-order chi connectivity index (χ0) is 13.9. The Bertz CT molecular complexity index is 301. The second-order valence-corrected chi connectivity index (χ2v) is 6.43. The molecule has 0 aliphatic carbocycles. The fourth-order valence-electron chi connectivity index (χ4n) is 1.01. The van der Waals surface area contributed by atoms with Gasteiger partial charge in [0, 0.05) is 0 Å². The summed E-state index contributed by atoms with van der Waals surface area (Å²) in [5, 5.41) is -4.06. The molecule has 0 unspecified atom stereocenters. The monoisotopic (exact) mass is 292 g/mol. The summed E-state index contributed by atoms with van der Waals surface area (Å²) in [5.74, 6) is -1.68. The number of ketones is 1. The zero-order valence-electron chi connectivity index (χ0n) is 10.1. The van der Waals surface area contributed by atoms with Crippen LogP contribution in [0.4, 0.5) is 8.78 Å². The van der Waals surface area contributed by atoms with Crippen molar-refractivity contribution in [3.63, 3.8) is 0 Å². The van der Waals surface area contributed by atoms with Gasteiger partial charge in [0.25, 0.3) is 0 Å². The van der Waals surface area contributed by atoms with Crippen molar-refractivity contribution in [2.75, 3.05) is 6.16 Å². The predicted octanol–water partition coefficient (Wildman–Crippen LogP) is 3.43. The Morgan fingerprint density at radius 1 is 1.24 bits per heavy atom. The van der Waals surface area contributed by atoms with Crippen LogP contribution in [0.2, 0.25) is 0 Å². The van der Waals surface area contributed by atoms with Crippen LogP contribution in [-0.2, 0) is 18.4 Å². The van der Waals surface area contributed by atoms with Gasteiger partial charge >= 0.3 is 13.0 Å². The number of rotatable bonds is 7. The van der Waals surface area contributed by atoms with Crippen molar-refractivity contribution in [3.8, 4) is 0 Å². The van der Waals surface area contributed by atoms with Gasteiger partial charge in [-0.3, -0.25) is 9.36 Å². The van der Waals surface area contributed by atoms with Gasteiger partial charge in [0.2, 0.25) is 5.78 Å². The minimum absolute atomic E-state index is 0.517. The summed E-state index contributed by atoms with van der Waals surface area (Å²) in [4.78, 5) is 11.0. The molecule has 0 N–H and O–H groups in total. The molecule has 0 saturated carbocycles. The third-order valence-electron chi connectivity index (χ3n) is 1.40. The van der Waals surface area contributed by atoms with E-state index < -0.39 is 37.1 Å². The molecule has 0 spiro atoms. The highest BCUT2D eigenvalue weighted by molar-refractivity contribution is 7.55. The lowest BCUT2D eigenvalue weighted by Gasteiger charge is -2.22. The van der Waals surface area contributed by atoms with E-state index in [2.05, 4.69) is 11.6 Å². The molecule has 0 radical (unpaired) electrons. The van der Waals surface area contributed by atoms with Crippen LogP contribution in [-0.4, -0.2) is 29.5 Å². The lowest BCUT2D eigenvalue weighted by Crippen LogP contribution is -2.26. The topological polar surface area (TPSA) is 52.6 Å². The minimum Gasteiger partial charge on any atom is -0.305 e. The fourth-order valence-corrected chi connectivity index (χ4v) is 3.20. The number of hydrogen-bond donors (Lipinski definition) is 0. The van der Waals surface area contributed by atoms with E-state index >= 15 is 0 Å². The third-order valence-corrected chi connectivity index (χ3v) is 3.77. The van der Waals surface area contributed by atoms with Crippen LogP contribution in [0.15, 0.2) is 0 Å². The van der Waals surface area contributed by atoms with Crippen molar-refractivity contribution in [1.29, 1.82) is 0 Å². The van der Waals surface area contributed by atoms with Gasteiger partial charge in [0.15, 0.2) is 0 Å². The molecule has 102 valence electrons. The van der Waals surface area contributed by atoms with E-state index in [1.807, 2.05) is 0 Å². The Morgan fingerprint density at radius 2 is 1.59 bits per heavy atom. The zero-order valence-corrected chi connectivity index (χ0v) is 11.7. The Hall–Kier alpha value is -0.0300. The number of Topliss-reactive ketones (excluding diaryl/α,β-unsaturated/α-hetero) is 1. The van der Waals surface area contributed by atoms with Crippen molar-refractivity contribution in [2.45, 2.75) is 45.3 Å². The maximum atomic E-state index is 12.5. The van der Waals surface area contributed by atoms with Gasteiger partial charge in [-0.1, -0.05) is 0 Å². The number of alkyl halides is 3. The molecule has 0 aliphatic heterocycles. The van der Waals surface area contributed by atoms with Gasteiger partial charge < -0.3 is 9.05 Å². The quantitative estimate of drug-likeness (QED) is 0.533. The average Bonchev–Trinajstić information content (AvgIpc) is 1.96.